The molecule has 1 aromatic carbocycles. The summed E-state index contributed by atoms with van der Waals surface area (Å²) in [5.74, 6) is 1.43. The van der Waals surface area contributed by atoms with Crippen LogP contribution in [-0.2, 0) is 0 Å². The molecule has 1 N–H and O–H groups in total. The number of carbonyl (C=O) groups excluding carboxylic acids is 1. The molecule has 1 saturated heterocycles. The Labute approximate surface area is 154 Å². The Balaban J connectivity index is 1.91. The van der Waals surface area contributed by atoms with Gasteiger partial charge in [-0.25, -0.2) is 9.97 Å². The Morgan fingerprint density at radius 2 is 2.15 bits per heavy atom. The molecule has 1 unspecified atom stereocenters. The molecule has 138 valence electrons. The average Bonchev–Trinajstić information content (AvgIpc) is 2.67. The van der Waals surface area contributed by atoms with Crippen LogP contribution in [0.3, 0.4) is 0 Å². The molecule has 26 heavy (non-hydrogen) atoms. The normalized spacial score (nSPS) is 17.2. The van der Waals surface area contributed by atoms with Gasteiger partial charge < -0.3 is 14.9 Å². The van der Waals surface area contributed by atoms with Gasteiger partial charge in [-0.15, -0.1) is 0 Å². The Kier molecular flexibility index (Phi) is 5.52. The van der Waals surface area contributed by atoms with Gasteiger partial charge in [-0.3, -0.25) is 4.79 Å². The lowest BCUT2D eigenvalue weighted by atomic mass is 10.0. The second-order valence-electron chi connectivity index (χ2n) is 7.01. The maximum absolute atomic E-state index is 12.9. The van der Waals surface area contributed by atoms with E-state index in [0.29, 0.717) is 17.9 Å². The van der Waals surface area contributed by atoms with Crippen LogP contribution < -0.4 is 4.90 Å². The predicted octanol–water partition coefficient (Wildman–Crippen LogP) is 2.51. The number of rotatable bonds is 4. The molecule has 1 aromatic heterocycles. The highest BCUT2D eigenvalue weighted by atomic mass is 16.3. The van der Waals surface area contributed by atoms with Gasteiger partial charge in [-0.1, -0.05) is 12.1 Å². The third-order valence-electron chi connectivity index (χ3n) is 4.84. The number of aromatic nitrogens is 2. The van der Waals surface area contributed by atoms with Crippen LogP contribution in [-0.4, -0.2) is 59.2 Å². The van der Waals surface area contributed by atoms with Crippen LogP contribution in [0.15, 0.2) is 30.5 Å². The number of aryl methyl sites for hydroxylation is 1. The predicted molar refractivity (Wildman–Crippen MR) is 102 cm³/mol. The van der Waals surface area contributed by atoms with E-state index in [1.165, 1.54) is 0 Å². The summed E-state index contributed by atoms with van der Waals surface area (Å²) in [5.41, 5.74) is 2.43. The molecule has 1 amide bonds. The lowest BCUT2D eigenvalue weighted by Gasteiger charge is -2.34. The van der Waals surface area contributed by atoms with E-state index in [9.17, 15) is 9.90 Å². The van der Waals surface area contributed by atoms with Crippen molar-refractivity contribution >= 4 is 11.7 Å². The first-order valence-electron chi connectivity index (χ1n) is 9.04. The van der Waals surface area contributed by atoms with Gasteiger partial charge in [0.2, 0.25) is 0 Å². The SMILES string of the molecule is Cc1cnc(-c2cccc(C(=O)N3CCCCC3CO)c2)nc1N(C)C. The van der Waals surface area contributed by atoms with Crippen LogP contribution >= 0.6 is 0 Å². The molecule has 1 atom stereocenters. The van der Waals surface area contributed by atoms with Gasteiger partial charge >= 0.3 is 0 Å². The van der Waals surface area contributed by atoms with Crippen LogP contribution in [0.2, 0.25) is 0 Å². The van der Waals surface area contributed by atoms with Gasteiger partial charge in [-0.05, 0) is 38.3 Å². The topological polar surface area (TPSA) is 69.6 Å². The van der Waals surface area contributed by atoms with Crippen LogP contribution in [0, 0.1) is 6.92 Å². The number of aliphatic hydroxyl groups excluding tert-OH is 1. The third kappa shape index (κ3) is 3.70. The minimum Gasteiger partial charge on any atom is -0.394 e. The van der Waals surface area contributed by atoms with Crippen molar-refractivity contribution in [2.45, 2.75) is 32.2 Å². The molecule has 1 fully saturated rings. The van der Waals surface area contributed by atoms with Gasteiger partial charge in [0, 0.05) is 43.5 Å². The summed E-state index contributed by atoms with van der Waals surface area (Å²) < 4.78 is 0. The number of nitrogens with zero attached hydrogens (tertiary/aromatic N) is 4. The highest BCUT2D eigenvalue weighted by molar-refractivity contribution is 5.95. The average molecular weight is 354 g/mol. The van der Waals surface area contributed by atoms with Crippen molar-refractivity contribution in [3.63, 3.8) is 0 Å². The number of likely N-dealkylation sites (tertiary alicyclic amines) is 1. The van der Waals surface area contributed by atoms with Gasteiger partial charge in [-0.2, -0.15) is 0 Å². The molecule has 2 heterocycles. The Morgan fingerprint density at radius 1 is 1.35 bits per heavy atom. The van der Waals surface area contributed by atoms with E-state index in [1.807, 2.05) is 50.2 Å². The summed E-state index contributed by atoms with van der Waals surface area (Å²) in [4.78, 5) is 25.8. The first-order valence-corrected chi connectivity index (χ1v) is 9.04. The number of piperidine rings is 1. The van der Waals surface area contributed by atoms with E-state index in [2.05, 4.69) is 9.97 Å². The second-order valence-corrected chi connectivity index (χ2v) is 7.01. The van der Waals surface area contributed by atoms with Gasteiger partial charge in [0.05, 0.1) is 12.6 Å². The molecule has 0 saturated carbocycles. The van der Waals surface area contributed by atoms with Crippen molar-refractivity contribution < 1.29 is 9.90 Å². The molecule has 2 aromatic rings. The van der Waals surface area contributed by atoms with Crippen LogP contribution in [0.5, 0.6) is 0 Å². The minimum absolute atomic E-state index is 0.0126. The molecule has 0 bridgehead atoms. The van der Waals surface area contributed by atoms with Gasteiger partial charge in [0.15, 0.2) is 5.82 Å². The standard InChI is InChI=1S/C20H26N4O2/c1-14-12-21-18(22-19(14)23(2)3)15-7-6-8-16(11-15)20(26)24-10-5-4-9-17(24)13-25/h6-8,11-12,17,25H,4-5,9-10,13H2,1-3H3. The molecule has 1 aliphatic rings. The number of hydrogen-bond acceptors (Lipinski definition) is 5. The smallest absolute Gasteiger partial charge is 0.254 e. The van der Waals surface area contributed by atoms with Gasteiger partial charge in [0.25, 0.3) is 5.91 Å². The van der Waals surface area contributed by atoms with Crippen molar-refractivity contribution in [1.29, 1.82) is 0 Å². The fraction of sp³-hybridized carbons (Fsp3) is 0.450. The maximum Gasteiger partial charge on any atom is 0.254 e. The summed E-state index contributed by atoms with van der Waals surface area (Å²) >= 11 is 0. The van der Waals surface area contributed by atoms with Crippen LogP contribution in [0.25, 0.3) is 11.4 Å². The monoisotopic (exact) mass is 354 g/mol. The first kappa shape index (κ1) is 18.3. The first-order chi connectivity index (χ1) is 12.5. The second kappa shape index (κ2) is 7.83. The van der Waals surface area contributed by atoms with Crippen LogP contribution in [0.1, 0.15) is 35.2 Å². The summed E-state index contributed by atoms with van der Waals surface area (Å²) in [6, 6.07) is 7.35. The molecule has 3 rings (SSSR count). The molecule has 0 spiro atoms. The maximum atomic E-state index is 12.9. The van der Waals surface area contributed by atoms with E-state index in [1.54, 1.807) is 11.1 Å². The fourth-order valence-corrected chi connectivity index (χ4v) is 3.44. The molecule has 6 nitrogen and oxygen atoms in total. The summed E-state index contributed by atoms with van der Waals surface area (Å²) in [7, 11) is 3.90. The lowest BCUT2D eigenvalue weighted by molar-refractivity contribution is 0.0503. The van der Waals surface area contributed by atoms with E-state index in [-0.39, 0.29) is 18.6 Å². The summed E-state index contributed by atoms with van der Waals surface area (Å²) in [5, 5.41) is 9.58. The van der Waals surface area contributed by atoms with Crippen molar-refractivity contribution in [2.75, 3.05) is 32.1 Å². The molecule has 6 heteroatoms. The van der Waals surface area contributed by atoms with Gasteiger partial charge in [0.1, 0.15) is 5.82 Å². The molecular formula is C20H26N4O2. The Morgan fingerprint density at radius 3 is 2.88 bits per heavy atom. The minimum atomic E-state index is -0.0872. The zero-order chi connectivity index (χ0) is 18.7. The number of hydrogen-bond donors (Lipinski definition) is 1. The quantitative estimate of drug-likeness (QED) is 0.914. The van der Waals surface area contributed by atoms with E-state index in [0.717, 1.165) is 36.2 Å². The largest absolute Gasteiger partial charge is 0.394 e. The zero-order valence-corrected chi connectivity index (χ0v) is 15.6. The number of carbonyl (C=O) groups is 1. The Bertz CT molecular complexity index is 791. The Hall–Kier alpha value is -2.47. The van der Waals surface area contributed by atoms with Crippen molar-refractivity contribution in [3.05, 3.63) is 41.6 Å². The molecule has 0 radical (unpaired) electrons. The number of anilines is 1. The van der Waals surface area contributed by atoms with E-state index < -0.39 is 0 Å². The third-order valence-corrected chi connectivity index (χ3v) is 4.84. The lowest BCUT2D eigenvalue weighted by Crippen LogP contribution is -2.45. The van der Waals surface area contributed by atoms with Crippen molar-refractivity contribution in [1.82, 2.24) is 14.9 Å². The molecule has 0 aliphatic carbocycles. The molecule has 1 aliphatic heterocycles. The number of amides is 1. The van der Waals surface area contributed by atoms with Crippen LogP contribution in [0.4, 0.5) is 5.82 Å². The summed E-state index contributed by atoms with van der Waals surface area (Å²) in [6.07, 6.45) is 4.70. The number of benzene rings is 1. The number of aliphatic hydroxyl groups is 1. The van der Waals surface area contributed by atoms with E-state index in [4.69, 9.17) is 0 Å². The molecular weight excluding hydrogens is 328 g/mol. The fourth-order valence-electron chi connectivity index (χ4n) is 3.44. The highest BCUT2D eigenvalue weighted by Gasteiger charge is 2.27. The highest BCUT2D eigenvalue weighted by Crippen LogP contribution is 2.24. The van der Waals surface area contributed by atoms with Crippen molar-refractivity contribution in [3.8, 4) is 11.4 Å². The zero-order valence-electron chi connectivity index (χ0n) is 15.6. The van der Waals surface area contributed by atoms with Crippen molar-refractivity contribution in [2.24, 2.45) is 0 Å². The van der Waals surface area contributed by atoms with E-state index >= 15 is 0 Å². The summed E-state index contributed by atoms with van der Waals surface area (Å²) in [6.45, 7) is 2.68.